The predicted molar refractivity (Wildman–Crippen MR) is 122 cm³/mol. The van der Waals surface area contributed by atoms with Gasteiger partial charge in [-0.15, -0.1) is 0 Å². The number of hydrogen-bond donors (Lipinski definition) is 1. The topological polar surface area (TPSA) is 86.8 Å². The van der Waals surface area contributed by atoms with Crippen molar-refractivity contribution in [3.05, 3.63) is 71.3 Å². The lowest BCUT2D eigenvalue weighted by atomic mass is 10.1. The highest BCUT2D eigenvalue weighted by atomic mass is 32.2. The van der Waals surface area contributed by atoms with E-state index < -0.39 is 10.0 Å². The molecular formula is C24H27N3O4S. The summed E-state index contributed by atoms with van der Waals surface area (Å²) in [6.07, 6.45) is 6.08. The van der Waals surface area contributed by atoms with Gasteiger partial charge in [0.1, 0.15) is 0 Å². The predicted octanol–water partition coefficient (Wildman–Crippen LogP) is 1.84. The average molecular weight is 454 g/mol. The summed E-state index contributed by atoms with van der Waals surface area (Å²) in [6.45, 7) is 0.979. The third kappa shape index (κ3) is 5.08. The molecule has 0 spiro atoms. The maximum absolute atomic E-state index is 13.0. The van der Waals surface area contributed by atoms with Crippen LogP contribution in [0.4, 0.5) is 0 Å². The monoisotopic (exact) mass is 453 g/mol. The summed E-state index contributed by atoms with van der Waals surface area (Å²) in [4.78, 5) is 26.3. The maximum Gasteiger partial charge on any atom is 0.244 e. The van der Waals surface area contributed by atoms with Crippen LogP contribution >= 0.6 is 0 Å². The first-order valence-corrected chi connectivity index (χ1v) is 12.3. The van der Waals surface area contributed by atoms with Gasteiger partial charge in [0.2, 0.25) is 21.8 Å². The number of hydrogen-bond acceptors (Lipinski definition) is 4. The van der Waals surface area contributed by atoms with Crippen LogP contribution in [0.25, 0.3) is 6.08 Å². The van der Waals surface area contributed by atoms with E-state index in [1.807, 2.05) is 36.4 Å². The lowest BCUT2D eigenvalue weighted by Crippen LogP contribution is -2.52. The number of aryl methyl sites for hydroxylation is 2. The van der Waals surface area contributed by atoms with Crippen molar-refractivity contribution in [2.75, 3.05) is 32.7 Å². The SMILES string of the molecule is O=C(/C=C/c1ccccc1)NCC(=O)N1CCN(S(=O)(=O)c2ccc3c(c2)CCC3)CC1. The Morgan fingerprint density at radius 2 is 1.66 bits per heavy atom. The van der Waals surface area contributed by atoms with Gasteiger partial charge in [-0.05, 0) is 54.2 Å². The van der Waals surface area contributed by atoms with Crippen LogP contribution in [-0.2, 0) is 32.5 Å². The van der Waals surface area contributed by atoms with Crippen molar-refractivity contribution in [1.29, 1.82) is 0 Å². The lowest BCUT2D eigenvalue weighted by molar-refractivity contribution is -0.133. The molecule has 1 N–H and O–H groups in total. The van der Waals surface area contributed by atoms with E-state index >= 15 is 0 Å². The third-order valence-electron chi connectivity index (χ3n) is 5.94. The molecule has 4 rings (SSSR count). The van der Waals surface area contributed by atoms with Gasteiger partial charge in [-0.2, -0.15) is 4.31 Å². The molecule has 32 heavy (non-hydrogen) atoms. The van der Waals surface area contributed by atoms with Crippen molar-refractivity contribution in [3.63, 3.8) is 0 Å². The van der Waals surface area contributed by atoms with Gasteiger partial charge in [0.15, 0.2) is 0 Å². The molecule has 168 valence electrons. The van der Waals surface area contributed by atoms with Gasteiger partial charge < -0.3 is 10.2 Å². The third-order valence-corrected chi connectivity index (χ3v) is 7.83. The van der Waals surface area contributed by atoms with E-state index in [0.29, 0.717) is 18.0 Å². The number of rotatable bonds is 6. The first-order valence-electron chi connectivity index (χ1n) is 10.8. The second-order valence-corrected chi connectivity index (χ2v) is 9.97. The number of carbonyl (C=O) groups excluding carboxylic acids is 2. The van der Waals surface area contributed by atoms with Crippen LogP contribution in [0.3, 0.4) is 0 Å². The zero-order valence-corrected chi connectivity index (χ0v) is 18.7. The van der Waals surface area contributed by atoms with E-state index in [1.54, 1.807) is 23.1 Å². The molecule has 1 heterocycles. The molecule has 1 aliphatic heterocycles. The molecule has 2 aliphatic rings. The number of amides is 2. The molecule has 0 bridgehead atoms. The zero-order valence-electron chi connectivity index (χ0n) is 17.9. The van der Waals surface area contributed by atoms with Gasteiger partial charge in [-0.3, -0.25) is 9.59 Å². The minimum atomic E-state index is -3.58. The van der Waals surface area contributed by atoms with Crippen LogP contribution in [0, 0.1) is 0 Å². The van der Waals surface area contributed by atoms with E-state index in [0.717, 1.165) is 30.4 Å². The highest BCUT2D eigenvalue weighted by molar-refractivity contribution is 7.89. The van der Waals surface area contributed by atoms with Crippen molar-refractivity contribution in [1.82, 2.24) is 14.5 Å². The number of carbonyl (C=O) groups is 2. The summed E-state index contributed by atoms with van der Waals surface area (Å²) in [7, 11) is -3.58. The summed E-state index contributed by atoms with van der Waals surface area (Å²) in [5.41, 5.74) is 3.26. The van der Waals surface area contributed by atoms with Crippen LogP contribution < -0.4 is 5.32 Å². The summed E-state index contributed by atoms with van der Waals surface area (Å²) in [5.74, 6) is -0.568. The van der Waals surface area contributed by atoms with Gasteiger partial charge >= 0.3 is 0 Å². The average Bonchev–Trinajstić information content (AvgIpc) is 3.30. The summed E-state index contributed by atoms with van der Waals surface area (Å²) >= 11 is 0. The largest absolute Gasteiger partial charge is 0.343 e. The van der Waals surface area contributed by atoms with Crippen LogP contribution in [0.2, 0.25) is 0 Å². The molecule has 0 aromatic heterocycles. The Hall–Kier alpha value is -2.97. The number of nitrogens with one attached hydrogen (secondary N) is 1. The second-order valence-electron chi connectivity index (χ2n) is 8.03. The van der Waals surface area contributed by atoms with Gasteiger partial charge in [0.05, 0.1) is 11.4 Å². The molecule has 1 aliphatic carbocycles. The molecule has 0 atom stereocenters. The minimum absolute atomic E-state index is 0.116. The van der Waals surface area contributed by atoms with Crippen molar-refractivity contribution in [3.8, 4) is 0 Å². The van der Waals surface area contributed by atoms with Crippen molar-refractivity contribution in [2.45, 2.75) is 24.2 Å². The molecule has 0 radical (unpaired) electrons. The van der Waals surface area contributed by atoms with Gasteiger partial charge in [-0.25, -0.2) is 8.42 Å². The molecular weight excluding hydrogens is 426 g/mol. The summed E-state index contributed by atoms with van der Waals surface area (Å²) in [5, 5.41) is 2.59. The van der Waals surface area contributed by atoms with E-state index in [1.165, 1.54) is 15.9 Å². The molecule has 7 nitrogen and oxygen atoms in total. The van der Waals surface area contributed by atoms with Gasteiger partial charge in [0.25, 0.3) is 0 Å². The number of piperazine rings is 1. The van der Waals surface area contributed by atoms with Crippen LogP contribution in [-0.4, -0.2) is 62.2 Å². The molecule has 0 unspecified atom stereocenters. The molecule has 1 fully saturated rings. The normalized spacial score (nSPS) is 16.8. The maximum atomic E-state index is 13.0. The minimum Gasteiger partial charge on any atom is -0.343 e. The molecule has 2 aromatic carbocycles. The number of benzene rings is 2. The smallest absolute Gasteiger partial charge is 0.244 e. The molecule has 8 heteroatoms. The Kier molecular flexibility index (Phi) is 6.72. The first kappa shape index (κ1) is 22.2. The number of sulfonamides is 1. The number of fused-ring (bicyclic) bond motifs is 1. The van der Waals surface area contributed by atoms with E-state index in [4.69, 9.17) is 0 Å². The van der Waals surface area contributed by atoms with E-state index in [-0.39, 0.29) is 31.4 Å². The number of nitrogens with zero attached hydrogens (tertiary/aromatic N) is 2. The standard InChI is InChI=1S/C24H27N3O4S/c28-23(12-9-19-5-2-1-3-6-19)25-18-24(29)26-13-15-27(16-14-26)32(30,31)22-11-10-20-7-4-8-21(20)17-22/h1-3,5-6,9-12,17H,4,7-8,13-16,18H2,(H,25,28)/b12-9+. The van der Waals surface area contributed by atoms with Gasteiger partial charge in [-0.1, -0.05) is 36.4 Å². The van der Waals surface area contributed by atoms with Crippen molar-refractivity contribution in [2.24, 2.45) is 0 Å². The highest BCUT2D eigenvalue weighted by Gasteiger charge is 2.30. The zero-order chi connectivity index (χ0) is 22.6. The Morgan fingerprint density at radius 1 is 0.938 bits per heavy atom. The first-order chi connectivity index (χ1) is 15.4. The molecule has 2 aromatic rings. The second kappa shape index (κ2) is 9.67. The van der Waals surface area contributed by atoms with E-state index in [9.17, 15) is 18.0 Å². The fraction of sp³-hybridized carbons (Fsp3) is 0.333. The van der Waals surface area contributed by atoms with Gasteiger partial charge in [0, 0.05) is 32.3 Å². The molecule has 1 saturated heterocycles. The Balaban J connectivity index is 1.27. The fourth-order valence-corrected chi connectivity index (χ4v) is 5.58. The van der Waals surface area contributed by atoms with Crippen LogP contribution in [0.1, 0.15) is 23.1 Å². The van der Waals surface area contributed by atoms with Crippen molar-refractivity contribution >= 4 is 27.9 Å². The van der Waals surface area contributed by atoms with Crippen LogP contribution in [0.5, 0.6) is 0 Å². The molecule has 2 amide bonds. The summed E-state index contributed by atoms with van der Waals surface area (Å²) in [6, 6.07) is 14.8. The Morgan fingerprint density at radius 3 is 2.41 bits per heavy atom. The van der Waals surface area contributed by atoms with E-state index in [2.05, 4.69) is 5.32 Å². The Labute approximate surface area is 188 Å². The Bertz CT molecular complexity index is 1120. The van der Waals surface area contributed by atoms with Crippen molar-refractivity contribution < 1.29 is 18.0 Å². The quantitative estimate of drug-likeness (QED) is 0.677. The molecule has 0 saturated carbocycles. The highest BCUT2D eigenvalue weighted by Crippen LogP contribution is 2.26. The fourth-order valence-electron chi connectivity index (χ4n) is 4.11. The van der Waals surface area contributed by atoms with Crippen LogP contribution in [0.15, 0.2) is 59.5 Å². The lowest BCUT2D eigenvalue weighted by Gasteiger charge is -2.34. The summed E-state index contributed by atoms with van der Waals surface area (Å²) < 4.78 is 27.5.